The van der Waals surface area contributed by atoms with Crippen molar-refractivity contribution in [1.29, 1.82) is 0 Å². The van der Waals surface area contributed by atoms with Gasteiger partial charge in [-0.1, -0.05) is 0 Å². The molecule has 1 amide bonds. The zero-order valence-corrected chi connectivity index (χ0v) is 14.2. The second-order valence-corrected chi connectivity index (χ2v) is 8.68. The Bertz CT molecular complexity index is 767. The predicted octanol–water partition coefficient (Wildman–Crippen LogP) is -0.959. The molecule has 3 aliphatic rings. The molecule has 4 rings (SSSR count). The quantitative estimate of drug-likeness (QED) is 0.757. The highest BCUT2D eigenvalue weighted by Gasteiger charge is 2.35. The highest BCUT2D eigenvalue weighted by atomic mass is 32.2. The lowest BCUT2D eigenvalue weighted by Gasteiger charge is -2.30. The maximum atomic E-state index is 13.0. The summed E-state index contributed by atoms with van der Waals surface area (Å²) >= 11 is 0. The highest BCUT2D eigenvalue weighted by Crippen LogP contribution is 2.38. The van der Waals surface area contributed by atoms with E-state index < -0.39 is 10.0 Å². The first-order valence-electron chi connectivity index (χ1n) is 8.24. The van der Waals surface area contributed by atoms with Crippen LogP contribution in [0.15, 0.2) is 17.0 Å². The topological polar surface area (TPSA) is 62.1 Å². The number of likely N-dealkylation sites (N-methyl/N-ethyl adjacent to an activating group) is 1. The molecular weight excluding hydrogens is 314 g/mol. The van der Waals surface area contributed by atoms with Gasteiger partial charge < -0.3 is 9.80 Å². The number of carbonyl (C=O) groups is 1. The zero-order chi connectivity index (χ0) is 16.2. The third kappa shape index (κ3) is 2.38. The molecule has 0 atom stereocenters. The normalized spacial score (nSPS) is 22.5. The first-order valence-corrected chi connectivity index (χ1v) is 9.68. The minimum Gasteiger partial charge on any atom is -0.335 e. The monoisotopic (exact) mass is 336 g/mol. The number of anilines is 1. The molecule has 1 fully saturated rings. The molecule has 1 aromatic carbocycles. The number of amides is 1. The van der Waals surface area contributed by atoms with Gasteiger partial charge in [0.25, 0.3) is 0 Å². The molecule has 124 valence electrons. The van der Waals surface area contributed by atoms with Gasteiger partial charge in [0.05, 0.1) is 43.8 Å². The Balaban J connectivity index is 1.72. The van der Waals surface area contributed by atoms with Crippen LogP contribution in [0.5, 0.6) is 0 Å². The Morgan fingerprint density at radius 2 is 1.65 bits per heavy atom. The average Bonchev–Trinajstić information content (AvgIpc) is 2.97. The Kier molecular flexibility index (Phi) is 3.48. The van der Waals surface area contributed by atoms with Crippen molar-refractivity contribution in [2.45, 2.75) is 24.2 Å². The number of hydrogen-bond acceptors (Lipinski definition) is 3. The lowest BCUT2D eigenvalue weighted by atomic mass is 10.00. The summed E-state index contributed by atoms with van der Waals surface area (Å²) in [6.07, 6.45) is 1.88. The molecule has 7 heteroatoms. The van der Waals surface area contributed by atoms with Crippen LogP contribution in [0.4, 0.5) is 5.69 Å². The van der Waals surface area contributed by atoms with Crippen LogP contribution >= 0.6 is 0 Å². The van der Waals surface area contributed by atoms with Crippen LogP contribution in [-0.4, -0.2) is 58.4 Å². The molecule has 1 aromatic rings. The molecule has 0 spiro atoms. The number of piperazine rings is 1. The van der Waals surface area contributed by atoms with E-state index in [0.717, 1.165) is 36.3 Å². The SMILES string of the molecule is C[NH+]1CCN(S(=O)(=O)c2cc3c4c(c2)CCN4C(=O)CC3)CC1. The van der Waals surface area contributed by atoms with E-state index in [-0.39, 0.29) is 5.91 Å². The van der Waals surface area contributed by atoms with Gasteiger partial charge in [0.1, 0.15) is 0 Å². The lowest BCUT2D eigenvalue weighted by Crippen LogP contribution is -3.12. The fourth-order valence-electron chi connectivity index (χ4n) is 3.83. The molecule has 0 aliphatic carbocycles. The number of benzene rings is 1. The summed E-state index contributed by atoms with van der Waals surface area (Å²) in [5, 5.41) is 0. The molecule has 0 bridgehead atoms. The second kappa shape index (κ2) is 5.29. The van der Waals surface area contributed by atoms with Crippen LogP contribution in [0.2, 0.25) is 0 Å². The van der Waals surface area contributed by atoms with Crippen molar-refractivity contribution in [3.05, 3.63) is 23.3 Å². The van der Waals surface area contributed by atoms with Crippen LogP contribution in [0.25, 0.3) is 0 Å². The molecule has 3 aliphatic heterocycles. The van der Waals surface area contributed by atoms with Crippen LogP contribution in [0.3, 0.4) is 0 Å². The first kappa shape index (κ1) is 15.1. The van der Waals surface area contributed by atoms with Gasteiger partial charge in [-0.15, -0.1) is 0 Å². The smallest absolute Gasteiger partial charge is 0.243 e. The summed E-state index contributed by atoms with van der Waals surface area (Å²) < 4.78 is 27.5. The lowest BCUT2D eigenvalue weighted by molar-refractivity contribution is -0.883. The molecule has 23 heavy (non-hydrogen) atoms. The number of carbonyl (C=O) groups excluding carboxylic acids is 1. The highest BCUT2D eigenvalue weighted by molar-refractivity contribution is 7.89. The summed E-state index contributed by atoms with van der Waals surface area (Å²) in [5.74, 6) is 0.161. The number of nitrogens with one attached hydrogen (secondary N) is 1. The molecule has 0 saturated carbocycles. The Morgan fingerprint density at radius 1 is 1.00 bits per heavy atom. The summed E-state index contributed by atoms with van der Waals surface area (Å²) in [6.45, 7) is 3.53. The Hall–Kier alpha value is -1.44. The van der Waals surface area contributed by atoms with E-state index >= 15 is 0 Å². The van der Waals surface area contributed by atoms with Gasteiger partial charge in [-0.2, -0.15) is 4.31 Å². The van der Waals surface area contributed by atoms with Crippen molar-refractivity contribution in [2.75, 3.05) is 44.7 Å². The largest absolute Gasteiger partial charge is 0.335 e. The third-order valence-corrected chi connectivity index (χ3v) is 7.12. The van der Waals surface area contributed by atoms with E-state index in [4.69, 9.17) is 0 Å². The molecule has 0 unspecified atom stereocenters. The summed E-state index contributed by atoms with van der Waals surface area (Å²) in [7, 11) is -1.34. The summed E-state index contributed by atoms with van der Waals surface area (Å²) in [5.41, 5.74) is 3.00. The minimum absolute atomic E-state index is 0.161. The van der Waals surface area contributed by atoms with Gasteiger partial charge in [-0.3, -0.25) is 4.79 Å². The summed E-state index contributed by atoms with van der Waals surface area (Å²) in [4.78, 5) is 15.6. The number of quaternary nitrogens is 1. The number of hydrogen-bond donors (Lipinski definition) is 1. The van der Waals surface area contributed by atoms with Crippen molar-refractivity contribution in [2.24, 2.45) is 0 Å². The molecule has 3 heterocycles. The van der Waals surface area contributed by atoms with Gasteiger partial charge in [0, 0.05) is 13.0 Å². The molecule has 0 radical (unpaired) electrons. The third-order valence-electron chi connectivity index (χ3n) is 5.24. The number of aryl methyl sites for hydroxylation is 1. The Morgan fingerprint density at radius 3 is 2.35 bits per heavy atom. The minimum atomic E-state index is -3.43. The van der Waals surface area contributed by atoms with E-state index in [0.29, 0.717) is 37.4 Å². The zero-order valence-electron chi connectivity index (χ0n) is 13.3. The summed E-state index contributed by atoms with van der Waals surface area (Å²) in [6, 6.07) is 3.59. The maximum absolute atomic E-state index is 13.0. The van der Waals surface area contributed by atoms with Crippen molar-refractivity contribution < 1.29 is 18.1 Å². The first-order chi connectivity index (χ1) is 11.0. The van der Waals surface area contributed by atoms with Crippen molar-refractivity contribution in [3.8, 4) is 0 Å². The standard InChI is InChI=1S/C16H21N3O3S/c1-17-6-8-18(9-7-17)23(21,22)14-10-12-2-3-15(20)19-5-4-13(11-14)16(12)19/h10-11H,2-9H2,1H3/p+1. The molecule has 6 nitrogen and oxygen atoms in total. The molecule has 0 aromatic heterocycles. The number of sulfonamides is 1. The Labute approximate surface area is 136 Å². The molecule has 1 saturated heterocycles. The van der Waals surface area contributed by atoms with E-state index in [2.05, 4.69) is 7.05 Å². The molecular formula is C16H22N3O3S+. The van der Waals surface area contributed by atoms with Crippen molar-refractivity contribution >= 4 is 21.6 Å². The van der Waals surface area contributed by atoms with Gasteiger partial charge in [-0.05, 0) is 36.1 Å². The average molecular weight is 336 g/mol. The number of nitrogens with zero attached hydrogens (tertiary/aromatic N) is 2. The van der Waals surface area contributed by atoms with Crippen LogP contribution in [0, 0.1) is 0 Å². The fraction of sp³-hybridized carbons (Fsp3) is 0.562. The van der Waals surface area contributed by atoms with E-state index in [1.165, 1.54) is 4.90 Å². The van der Waals surface area contributed by atoms with Crippen molar-refractivity contribution in [1.82, 2.24) is 4.31 Å². The number of rotatable bonds is 2. The maximum Gasteiger partial charge on any atom is 0.243 e. The second-order valence-electron chi connectivity index (χ2n) is 6.75. The predicted molar refractivity (Wildman–Crippen MR) is 86.2 cm³/mol. The van der Waals surface area contributed by atoms with Crippen LogP contribution in [-0.2, 0) is 27.7 Å². The van der Waals surface area contributed by atoms with Gasteiger partial charge >= 0.3 is 0 Å². The molecule has 1 N–H and O–H groups in total. The van der Waals surface area contributed by atoms with Gasteiger partial charge in [0.2, 0.25) is 15.9 Å². The van der Waals surface area contributed by atoms with Gasteiger partial charge in [0.15, 0.2) is 0 Å². The van der Waals surface area contributed by atoms with Gasteiger partial charge in [-0.25, -0.2) is 8.42 Å². The van der Waals surface area contributed by atoms with Crippen LogP contribution in [0.1, 0.15) is 17.5 Å². The van der Waals surface area contributed by atoms with Crippen LogP contribution < -0.4 is 9.80 Å². The van der Waals surface area contributed by atoms with E-state index in [9.17, 15) is 13.2 Å². The van der Waals surface area contributed by atoms with E-state index in [1.807, 2.05) is 4.90 Å². The fourth-order valence-corrected chi connectivity index (χ4v) is 5.38. The van der Waals surface area contributed by atoms with Crippen molar-refractivity contribution in [3.63, 3.8) is 0 Å². The van der Waals surface area contributed by atoms with E-state index in [1.54, 1.807) is 16.4 Å².